The highest BCUT2D eigenvalue weighted by Crippen LogP contribution is 2.39. The van der Waals surface area contributed by atoms with Crippen LogP contribution in [-0.2, 0) is 9.53 Å². The second-order valence-corrected chi connectivity index (χ2v) is 7.17. The van der Waals surface area contributed by atoms with E-state index in [9.17, 15) is 4.79 Å². The van der Waals surface area contributed by atoms with E-state index in [1.165, 1.54) is 0 Å². The Balaban J connectivity index is 1.66. The van der Waals surface area contributed by atoms with Crippen LogP contribution in [0.2, 0.25) is 0 Å². The highest BCUT2D eigenvalue weighted by molar-refractivity contribution is 5.82. The van der Waals surface area contributed by atoms with E-state index < -0.39 is 5.41 Å². The molecule has 1 aromatic rings. The number of aromatic nitrogens is 2. The molecule has 1 atom stereocenters. The molecule has 0 aromatic carbocycles. The summed E-state index contributed by atoms with van der Waals surface area (Å²) in [6.07, 6.45) is 4.30. The predicted molar refractivity (Wildman–Crippen MR) is 80.5 cm³/mol. The Labute approximate surface area is 131 Å². The zero-order chi connectivity index (χ0) is 15.7. The van der Waals surface area contributed by atoms with Gasteiger partial charge in [0.2, 0.25) is 11.8 Å². The van der Waals surface area contributed by atoms with Crippen LogP contribution in [0.5, 0.6) is 0 Å². The molecule has 6 nitrogen and oxygen atoms in total. The van der Waals surface area contributed by atoms with E-state index in [4.69, 9.17) is 9.26 Å². The smallest absolute Gasteiger partial charge is 0.230 e. The van der Waals surface area contributed by atoms with Gasteiger partial charge in [-0.05, 0) is 39.5 Å². The number of nitrogens with zero attached hydrogens (tertiary/aromatic N) is 3. The molecule has 1 saturated heterocycles. The Kier molecular flexibility index (Phi) is 4.21. The van der Waals surface area contributed by atoms with Crippen LogP contribution in [0.15, 0.2) is 4.52 Å². The maximum Gasteiger partial charge on any atom is 0.230 e. The van der Waals surface area contributed by atoms with Crippen molar-refractivity contribution < 1.29 is 14.1 Å². The summed E-state index contributed by atoms with van der Waals surface area (Å²) in [4.78, 5) is 19.2. The van der Waals surface area contributed by atoms with Crippen LogP contribution in [0.1, 0.15) is 63.1 Å². The van der Waals surface area contributed by atoms with Gasteiger partial charge >= 0.3 is 0 Å². The number of rotatable bonds is 5. The van der Waals surface area contributed by atoms with Gasteiger partial charge in [0.1, 0.15) is 0 Å². The Bertz CT molecular complexity index is 536. The van der Waals surface area contributed by atoms with Gasteiger partial charge < -0.3 is 14.2 Å². The summed E-state index contributed by atoms with van der Waals surface area (Å²) in [6, 6.07) is 0. The number of carbonyl (C=O) groups excluding carboxylic acids is 1. The van der Waals surface area contributed by atoms with Gasteiger partial charge in [0.05, 0.1) is 12.0 Å². The molecule has 0 radical (unpaired) electrons. The molecule has 22 heavy (non-hydrogen) atoms. The molecule has 2 fully saturated rings. The minimum Gasteiger partial charge on any atom is -0.384 e. The van der Waals surface area contributed by atoms with Gasteiger partial charge in [0.25, 0.3) is 0 Å². The van der Waals surface area contributed by atoms with Gasteiger partial charge in [-0.3, -0.25) is 4.79 Å². The van der Waals surface area contributed by atoms with Gasteiger partial charge in [-0.1, -0.05) is 5.16 Å². The zero-order valence-electron chi connectivity index (χ0n) is 13.7. The molecule has 1 aliphatic heterocycles. The SMILES string of the molecule is COCC(C)(C)C(=O)N1CCCC(c2noc(C3CC3)n2)C1. The highest BCUT2D eigenvalue weighted by atomic mass is 16.5. The quantitative estimate of drug-likeness (QED) is 0.835. The molecule has 1 saturated carbocycles. The van der Waals surface area contributed by atoms with E-state index in [0.29, 0.717) is 19.1 Å². The average Bonchev–Trinajstić information content (AvgIpc) is 3.24. The van der Waals surface area contributed by atoms with Crippen LogP contribution in [0.3, 0.4) is 0 Å². The number of ether oxygens (including phenoxy) is 1. The highest BCUT2D eigenvalue weighted by Gasteiger charge is 2.37. The zero-order valence-corrected chi connectivity index (χ0v) is 13.7. The summed E-state index contributed by atoms with van der Waals surface area (Å²) in [7, 11) is 1.63. The van der Waals surface area contributed by atoms with Crippen molar-refractivity contribution in [1.82, 2.24) is 15.0 Å². The summed E-state index contributed by atoms with van der Waals surface area (Å²) in [5.41, 5.74) is -0.493. The van der Waals surface area contributed by atoms with E-state index in [1.54, 1.807) is 7.11 Å². The van der Waals surface area contributed by atoms with Crippen LogP contribution in [0.25, 0.3) is 0 Å². The summed E-state index contributed by atoms with van der Waals surface area (Å²) < 4.78 is 10.5. The molecule has 122 valence electrons. The van der Waals surface area contributed by atoms with Crippen LogP contribution < -0.4 is 0 Å². The van der Waals surface area contributed by atoms with Crippen molar-refractivity contribution in [3.05, 3.63) is 11.7 Å². The first-order chi connectivity index (χ1) is 10.5. The average molecular weight is 307 g/mol. The van der Waals surface area contributed by atoms with E-state index in [1.807, 2.05) is 18.7 Å². The molecular formula is C16H25N3O3. The lowest BCUT2D eigenvalue weighted by molar-refractivity contribution is -0.144. The van der Waals surface area contributed by atoms with Crippen molar-refractivity contribution in [1.29, 1.82) is 0 Å². The Morgan fingerprint density at radius 2 is 2.14 bits per heavy atom. The predicted octanol–water partition coefficient (Wildman–Crippen LogP) is 2.33. The number of methoxy groups -OCH3 is 1. The van der Waals surface area contributed by atoms with Crippen LogP contribution >= 0.6 is 0 Å². The Morgan fingerprint density at radius 3 is 2.82 bits per heavy atom. The van der Waals surface area contributed by atoms with Crippen molar-refractivity contribution in [3.8, 4) is 0 Å². The third kappa shape index (κ3) is 3.16. The third-order valence-electron chi connectivity index (χ3n) is 4.54. The second kappa shape index (κ2) is 5.99. The minimum atomic E-state index is -0.493. The van der Waals surface area contributed by atoms with E-state index >= 15 is 0 Å². The van der Waals surface area contributed by atoms with Crippen molar-refractivity contribution in [2.75, 3.05) is 26.8 Å². The molecule has 3 rings (SSSR count). The molecule has 2 heterocycles. The first kappa shape index (κ1) is 15.5. The summed E-state index contributed by atoms with van der Waals surface area (Å²) in [5.74, 6) is 2.35. The van der Waals surface area contributed by atoms with Crippen molar-refractivity contribution in [2.24, 2.45) is 5.41 Å². The fraction of sp³-hybridized carbons (Fsp3) is 0.812. The third-order valence-corrected chi connectivity index (χ3v) is 4.54. The molecule has 0 spiro atoms. The normalized spacial score (nSPS) is 22.9. The van der Waals surface area contributed by atoms with E-state index in [-0.39, 0.29) is 11.8 Å². The maximum atomic E-state index is 12.7. The number of hydrogen-bond donors (Lipinski definition) is 0. The number of carbonyl (C=O) groups is 1. The van der Waals surface area contributed by atoms with Gasteiger partial charge in [0.15, 0.2) is 5.82 Å². The molecule has 1 unspecified atom stereocenters. The molecular weight excluding hydrogens is 282 g/mol. The molecule has 1 aromatic heterocycles. The molecule has 1 aliphatic carbocycles. The Hall–Kier alpha value is -1.43. The fourth-order valence-corrected chi connectivity index (χ4v) is 3.13. The fourth-order valence-electron chi connectivity index (χ4n) is 3.13. The summed E-state index contributed by atoms with van der Waals surface area (Å²) in [6.45, 7) is 5.77. The standard InChI is InChI=1S/C16H25N3O3/c1-16(2,10-21-3)15(20)19-8-4-5-12(9-19)13-17-14(22-18-13)11-6-7-11/h11-12H,4-10H2,1-3H3. The van der Waals surface area contributed by atoms with Crippen LogP contribution in [0.4, 0.5) is 0 Å². The number of hydrogen-bond acceptors (Lipinski definition) is 5. The van der Waals surface area contributed by atoms with Gasteiger partial charge in [0, 0.05) is 32.0 Å². The van der Waals surface area contributed by atoms with Gasteiger partial charge in [-0.15, -0.1) is 0 Å². The van der Waals surface area contributed by atoms with E-state index in [2.05, 4.69) is 10.1 Å². The maximum absolute atomic E-state index is 12.7. The number of amides is 1. The first-order valence-corrected chi connectivity index (χ1v) is 8.13. The Morgan fingerprint density at radius 1 is 1.36 bits per heavy atom. The first-order valence-electron chi connectivity index (χ1n) is 8.13. The molecule has 0 bridgehead atoms. The van der Waals surface area contributed by atoms with Gasteiger partial charge in [-0.2, -0.15) is 4.98 Å². The van der Waals surface area contributed by atoms with Crippen LogP contribution in [0, 0.1) is 5.41 Å². The topological polar surface area (TPSA) is 68.5 Å². The minimum absolute atomic E-state index is 0.143. The summed E-state index contributed by atoms with van der Waals surface area (Å²) >= 11 is 0. The molecule has 2 aliphatic rings. The lowest BCUT2D eigenvalue weighted by Crippen LogP contribution is -2.47. The van der Waals surface area contributed by atoms with Gasteiger partial charge in [-0.25, -0.2) is 0 Å². The largest absolute Gasteiger partial charge is 0.384 e. The molecule has 1 amide bonds. The monoisotopic (exact) mass is 307 g/mol. The molecule has 0 N–H and O–H groups in total. The lowest BCUT2D eigenvalue weighted by Gasteiger charge is -2.36. The van der Waals surface area contributed by atoms with Crippen molar-refractivity contribution in [2.45, 2.75) is 51.4 Å². The summed E-state index contributed by atoms with van der Waals surface area (Å²) in [5, 5.41) is 4.14. The number of likely N-dealkylation sites (tertiary alicyclic amines) is 1. The number of piperidine rings is 1. The van der Waals surface area contributed by atoms with Crippen LogP contribution in [-0.4, -0.2) is 47.8 Å². The van der Waals surface area contributed by atoms with E-state index in [0.717, 1.165) is 43.9 Å². The second-order valence-electron chi connectivity index (χ2n) is 7.17. The van der Waals surface area contributed by atoms with Crippen molar-refractivity contribution in [3.63, 3.8) is 0 Å². The van der Waals surface area contributed by atoms with Crippen molar-refractivity contribution >= 4 is 5.91 Å². The lowest BCUT2D eigenvalue weighted by atomic mass is 9.89. The molecule has 6 heteroatoms.